The van der Waals surface area contributed by atoms with E-state index in [1.165, 1.54) is 0 Å². The maximum absolute atomic E-state index is 12.2. The van der Waals surface area contributed by atoms with Crippen molar-refractivity contribution in [1.29, 1.82) is 0 Å². The van der Waals surface area contributed by atoms with E-state index in [1.807, 2.05) is 0 Å². The molecule has 0 unspecified atom stereocenters. The van der Waals surface area contributed by atoms with Crippen molar-refractivity contribution >= 4 is 21.7 Å². The van der Waals surface area contributed by atoms with Crippen molar-refractivity contribution in [2.45, 2.75) is 59.3 Å². The molecule has 0 bridgehead atoms. The van der Waals surface area contributed by atoms with Crippen molar-refractivity contribution in [3.63, 3.8) is 0 Å². The fourth-order valence-electron chi connectivity index (χ4n) is 1.07. The molecule has 0 aromatic rings. The van der Waals surface area contributed by atoms with Crippen molar-refractivity contribution in [2.75, 3.05) is 19.8 Å². The second-order valence-electron chi connectivity index (χ2n) is 4.90. The molecule has 0 rings (SSSR count). The normalized spacial score (nSPS) is 10.6. The van der Waals surface area contributed by atoms with E-state index in [4.69, 9.17) is 37.6 Å². The van der Waals surface area contributed by atoms with Crippen molar-refractivity contribution in [3.05, 3.63) is 0 Å². The Hall–Kier alpha value is 1.13. The average Bonchev–Trinajstić information content (AvgIpc) is 2.46. The Bertz CT molecular complexity index is 379. The summed E-state index contributed by atoms with van der Waals surface area (Å²) in [6.45, 7) is 7.49. The van der Waals surface area contributed by atoms with E-state index in [2.05, 4.69) is 32.2 Å². The zero-order chi connectivity index (χ0) is 21.1. The molecule has 0 fully saturated rings. The number of phosphoric acid groups is 2. The van der Waals surface area contributed by atoms with Crippen molar-refractivity contribution in [2.24, 2.45) is 11.5 Å². The Labute approximate surface area is 204 Å². The number of hydrogen-bond donors (Lipinski definition) is 4. The van der Waals surface area contributed by atoms with Crippen molar-refractivity contribution < 1.29 is 93.6 Å². The first-order valence-corrected chi connectivity index (χ1v) is 11.3. The Kier molecular flexibility index (Phi) is 30.8. The van der Waals surface area contributed by atoms with Gasteiger partial charge in [-0.05, 0) is 19.3 Å². The molecule has 0 saturated carbocycles. The predicted molar refractivity (Wildman–Crippen MR) is 96.0 cm³/mol. The molecule has 0 aliphatic heterocycles. The predicted octanol–water partition coefficient (Wildman–Crippen LogP) is -0.988. The molecule has 0 saturated heterocycles. The molecule has 0 aromatic heterocycles. The summed E-state index contributed by atoms with van der Waals surface area (Å²) in [5.41, 5.74) is 8.50. The van der Waals surface area contributed by atoms with E-state index >= 15 is 0 Å². The molecule has 0 atom stereocenters. The smallest absolute Gasteiger partial charge is 0.756 e. The van der Waals surface area contributed by atoms with E-state index < -0.39 is 21.7 Å². The van der Waals surface area contributed by atoms with Crippen molar-refractivity contribution in [1.82, 2.24) is 0 Å². The molecule has 0 spiro atoms. The number of rotatable bonds is 12. The summed E-state index contributed by atoms with van der Waals surface area (Å²) in [6, 6.07) is -0.833. The first-order chi connectivity index (χ1) is 11.9. The summed E-state index contributed by atoms with van der Waals surface area (Å²) in [6.07, 6.45) is 5.63. The average molecular weight is 462 g/mol. The minimum atomic E-state index is -4.89. The van der Waals surface area contributed by atoms with Gasteiger partial charge >= 0.3 is 65.2 Å². The Balaban J connectivity index is -0.000000220. The summed E-state index contributed by atoms with van der Waals surface area (Å²) in [5.74, 6) is 0. The Morgan fingerprint density at radius 3 is 1.19 bits per heavy atom. The summed E-state index contributed by atoms with van der Waals surface area (Å²) in [4.78, 5) is 31.9. The number of unbranched alkanes of at least 4 members (excludes halogenated alkanes) is 3. The third-order valence-electron chi connectivity index (χ3n) is 2.24. The number of phosphoric ester groups is 1. The second kappa shape index (κ2) is 23.4. The molecular formula is C13H33KN2O9P2. The van der Waals surface area contributed by atoms with Crippen molar-refractivity contribution in [3.8, 4) is 0 Å². The number of hydrogen-bond acceptors (Lipinski definition) is 7. The maximum atomic E-state index is 12.2. The van der Waals surface area contributed by atoms with E-state index in [9.17, 15) is 4.57 Å². The summed E-state index contributed by atoms with van der Waals surface area (Å²) >= 11 is 0. The molecule has 0 radical (unpaired) electrons. The van der Waals surface area contributed by atoms with Gasteiger partial charge in [0.05, 0.1) is 19.8 Å². The van der Waals surface area contributed by atoms with E-state index in [0.29, 0.717) is 19.8 Å². The van der Waals surface area contributed by atoms with Crippen LogP contribution in [-0.2, 0) is 22.7 Å². The molecule has 160 valence electrons. The third-order valence-corrected chi connectivity index (χ3v) is 3.74. The number of nitrogens with two attached hydrogens (primary N) is 2. The van der Waals surface area contributed by atoms with Crippen LogP contribution >= 0.6 is 15.6 Å². The van der Waals surface area contributed by atoms with E-state index in [-0.39, 0.29) is 51.4 Å². The molecule has 6 N–H and O–H groups in total. The van der Waals surface area contributed by atoms with Crippen LogP contribution in [-0.4, -0.2) is 35.6 Å². The molecule has 0 heterocycles. The van der Waals surface area contributed by atoms with Crippen LogP contribution in [0.4, 0.5) is 4.79 Å². The number of amides is 2. The number of urea groups is 1. The van der Waals surface area contributed by atoms with Gasteiger partial charge in [0.15, 0.2) is 0 Å². The largest absolute Gasteiger partial charge is 1.00 e. The molecule has 27 heavy (non-hydrogen) atoms. The van der Waals surface area contributed by atoms with Gasteiger partial charge in [0.1, 0.15) is 0 Å². The quantitative estimate of drug-likeness (QED) is 0.160. The van der Waals surface area contributed by atoms with Gasteiger partial charge in [-0.3, -0.25) is 18.1 Å². The van der Waals surface area contributed by atoms with Gasteiger partial charge in [-0.2, -0.15) is 0 Å². The molecule has 14 heteroatoms. The topological polar surface area (TPSA) is 194 Å². The minimum Gasteiger partial charge on any atom is -0.756 e. The van der Waals surface area contributed by atoms with Crippen LogP contribution in [0.15, 0.2) is 0 Å². The van der Waals surface area contributed by atoms with Gasteiger partial charge in [-0.15, -0.1) is 0 Å². The van der Waals surface area contributed by atoms with Gasteiger partial charge < -0.3 is 26.1 Å². The molecule has 0 aliphatic rings. The standard InChI is InChI=1S/C12H27O4P.CH4N2O.K.H3O4P/c1-4-7-10-14-17(13,15-11-8-5-2)16-12-9-6-3;2-1(3)4;;1-5(2,3)4/h4-12H2,1-3H3;(H4,2,3,4);;(H3,1,2,3,4)/q;;+1;/p-1. The van der Waals surface area contributed by atoms with Crippen LogP contribution < -0.4 is 67.7 Å². The van der Waals surface area contributed by atoms with Crippen LogP contribution in [0.3, 0.4) is 0 Å². The fraction of sp³-hybridized carbons (Fsp3) is 0.923. The molecule has 0 aliphatic carbocycles. The van der Waals surface area contributed by atoms with Crippen LogP contribution in [0.2, 0.25) is 0 Å². The number of carbonyl (C=O) groups excluding carboxylic acids is 1. The van der Waals surface area contributed by atoms with E-state index in [0.717, 1.165) is 38.5 Å². The third kappa shape index (κ3) is 46.8. The van der Waals surface area contributed by atoms with Gasteiger partial charge in [0.2, 0.25) is 0 Å². The van der Waals surface area contributed by atoms with E-state index in [1.54, 1.807) is 0 Å². The van der Waals surface area contributed by atoms with Gasteiger partial charge in [0.25, 0.3) is 7.82 Å². The number of primary amides is 2. The maximum Gasteiger partial charge on any atom is 1.00 e. The summed E-state index contributed by atoms with van der Waals surface area (Å²) in [5, 5.41) is 0. The van der Waals surface area contributed by atoms with Crippen LogP contribution in [0, 0.1) is 0 Å². The number of carbonyl (C=O) groups is 1. The molecule has 0 aromatic carbocycles. The van der Waals surface area contributed by atoms with Crippen LogP contribution in [0.25, 0.3) is 0 Å². The van der Waals surface area contributed by atoms with Crippen LogP contribution in [0.5, 0.6) is 0 Å². The molecular weight excluding hydrogens is 429 g/mol. The first-order valence-electron chi connectivity index (χ1n) is 8.26. The first kappa shape index (κ1) is 35.6. The molecule has 11 nitrogen and oxygen atoms in total. The fourth-order valence-corrected chi connectivity index (χ4v) is 2.36. The minimum absolute atomic E-state index is 0. The van der Waals surface area contributed by atoms with Gasteiger partial charge in [-0.1, -0.05) is 40.0 Å². The monoisotopic (exact) mass is 462 g/mol. The SMILES string of the molecule is CCCCOP(=O)(OCCCC)OCCCC.NC(N)=O.O=P([O-])(O)O.[K+]. The Morgan fingerprint density at radius 1 is 0.852 bits per heavy atom. The zero-order valence-corrected chi connectivity index (χ0v) is 21.6. The van der Waals surface area contributed by atoms with Gasteiger partial charge in [0, 0.05) is 0 Å². The summed E-state index contributed by atoms with van der Waals surface area (Å²) in [7, 11) is -8.20. The van der Waals surface area contributed by atoms with Crippen LogP contribution in [0.1, 0.15) is 59.3 Å². The second-order valence-corrected chi connectivity index (χ2v) is 7.55. The summed E-state index contributed by atoms with van der Waals surface area (Å²) < 4.78 is 36.8. The Morgan fingerprint density at radius 2 is 1.04 bits per heavy atom. The zero-order valence-electron chi connectivity index (χ0n) is 16.7. The van der Waals surface area contributed by atoms with Gasteiger partial charge in [-0.25, -0.2) is 9.36 Å². The molecule has 2 amide bonds.